The van der Waals surface area contributed by atoms with Crippen LogP contribution in [-0.4, -0.2) is 26.0 Å². The molecule has 0 saturated carbocycles. The summed E-state index contributed by atoms with van der Waals surface area (Å²) in [7, 11) is 0. The number of para-hydroxylation sites is 1. The standard InChI is InChI=1S/C16H14N2O3/c1-10(19)11-6-8-12(9-7-11)18-14-5-3-2-4-13(14)15(17-18)16(20)21/h2-10,19H,1H3,(H,20,21)/t10-/m1/s1. The molecule has 0 bridgehead atoms. The summed E-state index contributed by atoms with van der Waals surface area (Å²) >= 11 is 0. The number of rotatable bonds is 3. The molecule has 1 atom stereocenters. The number of aromatic nitrogens is 2. The summed E-state index contributed by atoms with van der Waals surface area (Å²) in [5.41, 5.74) is 2.32. The maximum absolute atomic E-state index is 11.3. The number of benzene rings is 2. The number of carboxylic acids is 1. The first kappa shape index (κ1) is 13.3. The molecule has 2 aromatic carbocycles. The quantitative estimate of drug-likeness (QED) is 0.774. The number of carboxylic acid groups (broad SMARTS) is 1. The highest BCUT2D eigenvalue weighted by molar-refractivity contribution is 6.01. The third kappa shape index (κ3) is 2.28. The van der Waals surface area contributed by atoms with Crippen LogP contribution in [0, 0.1) is 0 Å². The molecule has 106 valence electrons. The van der Waals surface area contributed by atoms with Gasteiger partial charge in [-0.05, 0) is 30.7 Å². The van der Waals surface area contributed by atoms with E-state index in [1.165, 1.54) is 0 Å². The Bertz CT molecular complexity index is 804. The van der Waals surface area contributed by atoms with Gasteiger partial charge in [0, 0.05) is 5.39 Å². The summed E-state index contributed by atoms with van der Waals surface area (Å²) < 4.78 is 1.60. The van der Waals surface area contributed by atoms with Crippen LogP contribution in [0.5, 0.6) is 0 Å². The molecule has 5 heteroatoms. The number of aliphatic hydroxyl groups excluding tert-OH is 1. The number of aromatic carboxylic acids is 1. The monoisotopic (exact) mass is 282 g/mol. The largest absolute Gasteiger partial charge is 0.476 e. The van der Waals surface area contributed by atoms with Gasteiger partial charge in [0.1, 0.15) is 0 Å². The molecule has 0 radical (unpaired) electrons. The number of hydrogen-bond donors (Lipinski definition) is 2. The predicted octanol–water partition coefficient (Wildman–Crippen LogP) is 2.78. The zero-order chi connectivity index (χ0) is 15.0. The third-order valence-corrected chi connectivity index (χ3v) is 3.41. The summed E-state index contributed by atoms with van der Waals surface area (Å²) in [6.07, 6.45) is -0.539. The van der Waals surface area contributed by atoms with Crippen molar-refractivity contribution < 1.29 is 15.0 Å². The molecule has 3 aromatic rings. The minimum absolute atomic E-state index is 0.0326. The van der Waals surface area contributed by atoms with Crippen LogP contribution in [0.25, 0.3) is 16.6 Å². The van der Waals surface area contributed by atoms with E-state index in [4.69, 9.17) is 0 Å². The molecule has 0 spiro atoms. The van der Waals surface area contributed by atoms with Gasteiger partial charge < -0.3 is 10.2 Å². The molecule has 3 rings (SSSR count). The number of aliphatic hydroxyl groups is 1. The molecule has 5 nitrogen and oxygen atoms in total. The zero-order valence-corrected chi connectivity index (χ0v) is 11.4. The lowest BCUT2D eigenvalue weighted by Gasteiger charge is -2.07. The predicted molar refractivity (Wildman–Crippen MR) is 78.7 cm³/mol. The first-order valence-electron chi connectivity index (χ1n) is 6.57. The summed E-state index contributed by atoms with van der Waals surface area (Å²) in [5.74, 6) is -1.05. The van der Waals surface area contributed by atoms with Crippen LogP contribution in [0.15, 0.2) is 48.5 Å². The van der Waals surface area contributed by atoms with E-state index in [1.807, 2.05) is 24.3 Å². The zero-order valence-electron chi connectivity index (χ0n) is 11.4. The fourth-order valence-corrected chi connectivity index (χ4v) is 2.32. The molecule has 0 saturated heterocycles. The Hall–Kier alpha value is -2.66. The molecule has 0 amide bonds. The lowest BCUT2D eigenvalue weighted by Crippen LogP contribution is -2.01. The first-order chi connectivity index (χ1) is 10.1. The SMILES string of the molecule is C[C@@H](O)c1ccc(-n2nc(C(=O)O)c3ccccc32)cc1. The molecule has 0 aliphatic rings. The average Bonchev–Trinajstić information content (AvgIpc) is 2.87. The van der Waals surface area contributed by atoms with E-state index in [-0.39, 0.29) is 5.69 Å². The highest BCUT2D eigenvalue weighted by Gasteiger charge is 2.16. The van der Waals surface area contributed by atoms with Crippen molar-refractivity contribution in [1.82, 2.24) is 9.78 Å². The maximum atomic E-state index is 11.3. The van der Waals surface area contributed by atoms with Crippen molar-refractivity contribution in [1.29, 1.82) is 0 Å². The Morgan fingerprint density at radius 2 is 1.81 bits per heavy atom. The summed E-state index contributed by atoms with van der Waals surface area (Å²) in [5, 5.41) is 23.6. The Morgan fingerprint density at radius 3 is 2.43 bits per heavy atom. The van der Waals surface area contributed by atoms with Crippen molar-refractivity contribution in [3.8, 4) is 5.69 Å². The van der Waals surface area contributed by atoms with Gasteiger partial charge in [-0.25, -0.2) is 9.48 Å². The topological polar surface area (TPSA) is 75.3 Å². The molecule has 0 unspecified atom stereocenters. The van der Waals surface area contributed by atoms with Crippen molar-refractivity contribution in [2.45, 2.75) is 13.0 Å². The number of carbonyl (C=O) groups is 1. The number of fused-ring (bicyclic) bond motifs is 1. The number of hydrogen-bond acceptors (Lipinski definition) is 3. The molecule has 0 aliphatic carbocycles. The third-order valence-electron chi connectivity index (χ3n) is 3.41. The molecule has 1 heterocycles. The molecular formula is C16H14N2O3. The highest BCUT2D eigenvalue weighted by atomic mass is 16.4. The molecule has 0 fully saturated rings. The van der Waals surface area contributed by atoms with Gasteiger partial charge in [-0.1, -0.05) is 30.3 Å². The Morgan fingerprint density at radius 1 is 1.14 bits per heavy atom. The van der Waals surface area contributed by atoms with Gasteiger partial charge in [-0.3, -0.25) is 0 Å². The van der Waals surface area contributed by atoms with Crippen LogP contribution >= 0.6 is 0 Å². The normalized spacial score (nSPS) is 12.5. The van der Waals surface area contributed by atoms with Gasteiger partial charge in [0.15, 0.2) is 5.69 Å². The highest BCUT2D eigenvalue weighted by Crippen LogP contribution is 2.23. The van der Waals surface area contributed by atoms with Gasteiger partial charge in [-0.15, -0.1) is 0 Å². The van der Waals surface area contributed by atoms with Crippen molar-refractivity contribution in [3.63, 3.8) is 0 Å². The fourth-order valence-electron chi connectivity index (χ4n) is 2.32. The van der Waals surface area contributed by atoms with Crippen molar-refractivity contribution in [2.75, 3.05) is 0 Å². The second kappa shape index (κ2) is 5.03. The molecule has 0 aliphatic heterocycles. The van der Waals surface area contributed by atoms with Crippen molar-refractivity contribution >= 4 is 16.9 Å². The van der Waals surface area contributed by atoms with Crippen LogP contribution in [0.2, 0.25) is 0 Å². The Kier molecular flexibility index (Phi) is 3.19. The van der Waals surface area contributed by atoms with Crippen molar-refractivity contribution in [2.24, 2.45) is 0 Å². The first-order valence-corrected chi connectivity index (χ1v) is 6.57. The molecule has 21 heavy (non-hydrogen) atoms. The minimum Gasteiger partial charge on any atom is -0.476 e. The lowest BCUT2D eigenvalue weighted by atomic mass is 10.1. The minimum atomic E-state index is -1.05. The molecule has 1 aromatic heterocycles. The van der Waals surface area contributed by atoms with Gasteiger partial charge >= 0.3 is 5.97 Å². The summed E-state index contributed by atoms with van der Waals surface area (Å²) in [4.78, 5) is 11.3. The lowest BCUT2D eigenvalue weighted by molar-refractivity contribution is 0.0692. The van der Waals surface area contributed by atoms with E-state index in [0.29, 0.717) is 5.39 Å². The van der Waals surface area contributed by atoms with Crippen molar-refractivity contribution in [3.05, 3.63) is 59.8 Å². The van der Waals surface area contributed by atoms with Crippen LogP contribution in [-0.2, 0) is 0 Å². The average molecular weight is 282 g/mol. The van der Waals surface area contributed by atoms with E-state index in [1.54, 1.807) is 35.9 Å². The summed E-state index contributed by atoms with van der Waals surface area (Å²) in [6.45, 7) is 1.70. The Balaban J connectivity index is 2.18. The molecule has 2 N–H and O–H groups in total. The van der Waals surface area contributed by atoms with Gasteiger partial charge in [-0.2, -0.15) is 5.10 Å². The number of nitrogens with zero attached hydrogens (tertiary/aromatic N) is 2. The van der Waals surface area contributed by atoms with Crippen LogP contribution < -0.4 is 0 Å². The second-order valence-electron chi connectivity index (χ2n) is 4.85. The van der Waals surface area contributed by atoms with E-state index in [2.05, 4.69) is 5.10 Å². The van der Waals surface area contributed by atoms with Crippen LogP contribution in [0.3, 0.4) is 0 Å². The molecular weight excluding hydrogens is 268 g/mol. The fraction of sp³-hybridized carbons (Fsp3) is 0.125. The summed E-state index contributed by atoms with van der Waals surface area (Å²) in [6, 6.07) is 14.4. The van der Waals surface area contributed by atoms with Gasteiger partial charge in [0.25, 0.3) is 0 Å². The Labute approximate surface area is 121 Å². The second-order valence-corrected chi connectivity index (χ2v) is 4.85. The van der Waals surface area contributed by atoms with E-state index in [9.17, 15) is 15.0 Å². The van der Waals surface area contributed by atoms with Gasteiger partial charge in [0.05, 0.1) is 17.3 Å². The van der Waals surface area contributed by atoms with E-state index < -0.39 is 12.1 Å². The van der Waals surface area contributed by atoms with Crippen LogP contribution in [0.4, 0.5) is 0 Å². The van der Waals surface area contributed by atoms with Gasteiger partial charge in [0.2, 0.25) is 0 Å². The van der Waals surface area contributed by atoms with Crippen LogP contribution in [0.1, 0.15) is 29.1 Å². The van der Waals surface area contributed by atoms with E-state index >= 15 is 0 Å². The van der Waals surface area contributed by atoms with E-state index in [0.717, 1.165) is 16.8 Å². The smallest absolute Gasteiger partial charge is 0.357 e. The maximum Gasteiger partial charge on any atom is 0.357 e.